The van der Waals surface area contributed by atoms with Crippen LogP contribution in [0.1, 0.15) is 18.7 Å². The van der Waals surface area contributed by atoms with Crippen LogP contribution in [0.25, 0.3) is 11.5 Å². The number of benzene rings is 1. The molecule has 0 aliphatic carbocycles. The second-order valence-corrected chi connectivity index (χ2v) is 6.74. The van der Waals surface area contributed by atoms with Gasteiger partial charge in [-0.15, -0.1) is 10.2 Å². The number of amidine groups is 1. The molecule has 1 spiro atoms. The van der Waals surface area contributed by atoms with Gasteiger partial charge < -0.3 is 14.2 Å². The van der Waals surface area contributed by atoms with Gasteiger partial charge in [0.05, 0.1) is 6.54 Å². The molecular formula is C17H19N5O2. The maximum absolute atomic E-state index is 5.95. The molecule has 0 amide bonds. The van der Waals surface area contributed by atoms with E-state index in [4.69, 9.17) is 9.25 Å². The summed E-state index contributed by atoms with van der Waals surface area (Å²) in [5, 5.41) is 12.6. The molecule has 0 radical (unpaired) electrons. The van der Waals surface area contributed by atoms with Crippen molar-refractivity contribution in [1.29, 1.82) is 0 Å². The number of fused-ring (bicyclic) bond motifs is 2. The SMILES string of the molecule is CN1C(c2nnc(-c3ccccc3)o2)=NOC12CN1CCC2CC1. The van der Waals surface area contributed by atoms with Gasteiger partial charge >= 0.3 is 0 Å². The molecule has 3 saturated heterocycles. The van der Waals surface area contributed by atoms with Crippen molar-refractivity contribution >= 4 is 5.84 Å². The number of hydrogen-bond donors (Lipinski definition) is 0. The minimum atomic E-state index is -0.382. The van der Waals surface area contributed by atoms with Crippen molar-refractivity contribution in [2.75, 3.05) is 26.7 Å². The van der Waals surface area contributed by atoms with Gasteiger partial charge in [-0.3, -0.25) is 4.90 Å². The first-order valence-corrected chi connectivity index (χ1v) is 8.38. The number of nitrogens with zero attached hydrogens (tertiary/aromatic N) is 5. The van der Waals surface area contributed by atoms with Crippen LogP contribution in [0.4, 0.5) is 0 Å². The van der Waals surface area contributed by atoms with Crippen LogP contribution in [0, 0.1) is 5.92 Å². The fraction of sp³-hybridized carbons (Fsp3) is 0.471. The van der Waals surface area contributed by atoms with Gasteiger partial charge in [-0.05, 0) is 38.1 Å². The summed E-state index contributed by atoms with van der Waals surface area (Å²) in [4.78, 5) is 10.5. The van der Waals surface area contributed by atoms with E-state index in [2.05, 4.69) is 25.2 Å². The zero-order chi connectivity index (χ0) is 16.1. The third-order valence-corrected chi connectivity index (χ3v) is 5.49. The maximum atomic E-state index is 5.95. The van der Waals surface area contributed by atoms with E-state index in [-0.39, 0.29) is 5.72 Å². The molecule has 3 fully saturated rings. The summed E-state index contributed by atoms with van der Waals surface area (Å²) in [6, 6.07) is 9.75. The number of oxime groups is 1. The van der Waals surface area contributed by atoms with Crippen LogP contribution < -0.4 is 0 Å². The predicted octanol–water partition coefficient (Wildman–Crippen LogP) is 1.78. The molecule has 1 atom stereocenters. The Balaban J connectivity index is 1.44. The highest BCUT2D eigenvalue weighted by atomic mass is 16.7. The lowest BCUT2D eigenvalue weighted by Crippen LogP contribution is -2.65. The summed E-state index contributed by atoms with van der Waals surface area (Å²) >= 11 is 0. The Hall–Kier alpha value is -2.41. The lowest BCUT2D eigenvalue weighted by Gasteiger charge is -2.52. The fourth-order valence-corrected chi connectivity index (χ4v) is 4.09. The van der Waals surface area contributed by atoms with E-state index in [0.29, 0.717) is 23.5 Å². The Morgan fingerprint density at radius 3 is 2.54 bits per heavy atom. The zero-order valence-corrected chi connectivity index (χ0v) is 13.6. The van der Waals surface area contributed by atoms with E-state index in [1.165, 1.54) is 0 Å². The smallest absolute Gasteiger partial charge is 0.287 e. The molecule has 24 heavy (non-hydrogen) atoms. The molecule has 1 aromatic heterocycles. The van der Waals surface area contributed by atoms with E-state index < -0.39 is 0 Å². The number of rotatable bonds is 2. The van der Waals surface area contributed by atoms with Gasteiger partial charge in [-0.2, -0.15) is 0 Å². The van der Waals surface area contributed by atoms with E-state index in [9.17, 15) is 0 Å². The molecule has 124 valence electrons. The fourth-order valence-electron chi connectivity index (χ4n) is 4.09. The highest BCUT2D eigenvalue weighted by Crippen LogP contribution is 2.43. The Labute approximate surface area is 139 Å². The van der Waals surface area contributed by atoms with Gasteiger partial charge in [0.1, 0.15) is 0 Å². The lowest BCUT2D eigenvalue weighted by molar-refractivity contribution is -0.190. The highest BCUT2D eigenvalue weighted by molar-refractivity contribution is 5.95. The van der Waals surface area contributed by atoms with Gasteiger partial charge in [0.25, 0.3) is 5.89 Å². The highest BCUT2D eigenvalue weighted by Gasteiger charge is 2.56. The van der Waals surface area contributed by atoms with E-state index in [1.807, 2.05) is 37.4 Å². The zero-order valence-electron chi connectivity index (χ0n) is 13.6. The second kappa shape index (κ2) is 5.04. The van der Waals surface area contributed by atoms with E-state index >= 15 is 0 Å². The molecule has 1 aromatic carbocycles. The molecule has 7 nitrogen and oxygen atoms in total. The molecule has 6 rings (SSSR count). The third kappa shape index (κ3) is 1.91. The van der Waals surface area contributed by atoms with Crippen molar-refractivity contribution in [3.8, 4) is 11.5 Å². The number of likely N-dealkylation sites (N-methyl/N-ethyl adjacent to an activating group) is 1. The third-order valence-electron chi connectivity index (χ3n) is 5.49. The first-order valence-electron chi connectivity index (χ1n) is 8.38. The summed E-state index contributed by atoms with van der Waals surface area (Å²) in [6.07, 6.45) is 2.29. The first-order chi connectivity index (χ1) is 11.8. The van der Waals surface area contributed by atoms with Crippen molar-refractivity contribution < 1.29 is 9.25 Å². The van der Waals surface area contributed by atoms with Crippen LogP contribution in [-0.4, -0.2) is 58.2 Å². The normalized spacial score (nSPS) is 31.4. The van der Waals surface area contributed by atoms with Gasteiger partial charge in [-0.25, -0.2) is 0 Å². The van der Waals surface area contributed by atoms with Crippen molar-refractivity contribution in [2.24, 2.45) is 11.1 Å². The maximum Gasteiger partial charge on any atom is 0.287 e. The minimum Gasteiger partial charge on any atom is -0.413 e. The van der Waals surface area contributed by atoms with Gasteiger partial charge in [0.2, 0.25) is 17.5 Å². The van der Waals surface area contributed by atoms with E-state index in [0.717, 1.165) is 38.0 Å². The molecule has 5 heterocycles. The van der Waals surface area contributed by atoms with Gasteiger partial charge in [0, 0.05) is 18.5 Å². The Kier molecular flexibility index (Phi) is 2.94. The van der Waals surface area contributed by atoms with Crippen LogP contribution in [0.3, 0.4) is 0 Å². The molecule has 2 aromatic rings. The molecule has 1 unspecified atom stereocenters. The van der Waals surface area contributed by atoms with Gasteiger partial charge in [0.15, 0.2) is 0 Å². The molecule has 0 N–H and O–H groups in total. The lowest BCUT2D eigenvalue weighted by atomic mass is 9.80. The van der Waals surface area contributed by atoms with Crippen molar-refractivity contribution in [1.82, 2.24) is 20.0 Å². The monoisotopic (exact) mass is 325 g/mol. The predicted molar refractivity (Wildman–Crippen MR) is 87.0 cm³/mol. The van der Waals surface area contributed by atoms with Gasteiger partial charge in [-0.1, -0.05) is 23.4 Å². The molecule has 7 heteroatoms. The van der Waals surface area contributed by atoms with Crippen molar-refractivity contribution in [3.05, 3.63) is 36.2 Å². The van der Waals surface area contributed by atoms with Crippen LogP contribution >= 0.6 is 0 Å². The molecule has 4 aliphatic rings. The summed E-state index contributed by atoms with van der Waals surface area (Å²) in [7, 11) is 2.01. The summed E-state index contributed by atoms with van der Waals surface area (Å²) in [5.41, 5.74) is 0.517. The van der Waals surface area contributed by atoms with Crippen LogP contribution in [0.5, 0.6) is 0 Å². The number of piperidine rings is 3. The number of hydrogen-bond acceptors (Lipinski definition) is 7. The van der Waals surface area contributed by atoms with Crippen molar-refractivity contribution in [3.63, 3.8) is 0 Å². The largest absolute Gasteiger partial charge is 0.413 e. The average Bonchev–Trinajstić information content (AvgIpc) is 3.24. The van der Waals surface area contributed by atoms with Crippen LogP contribution in [0.2, 0.25) is 0 Å². The molecular weight excluding hydrogens is 306 g/mol. The standard InChI is InChI=1S/C17H19N5O2/c1-21-14(16-19-18-15(23-16)12-5-3-2-4-6-12)20-24-17(21)11-22-9-7-13(17)8-10-22/h2-6,13H,7-11H2,1H3. The first kappa shape index (κ1) is 14.0. The summed E-state index contributed by atoms with van der Waals surface area (Å²) in [6.45, 7) is 3.18. The van der Waals surface area contributed by atoms with Crippen LogP contribution in [0.15, 0.2) is 39.9 Å². The second-order valence-electron chi connectivity index (χ2n) is 6.74. The number of aromatic nitrogens is 2. The Morgan fingerprint density at radius 2 is 1.83 bits per heavy atom. The topological polar surface area (TPSA) is 67.0 Å². The molecule has 4 aliphatic heterocycles. The Bertz CT molecular complexity index is 781. The quantitative estimate of drug-likeness (QED) is 0.838. The summed E-state index contributed by atoms with van der Waals surface area (Å²) < 4.78 is 5.85. The Morgan fingerprint density at radius 1 is 1.08 bits per heavy atom. The summed E-state index contributed by atoms with van der Waals surface area (Å²) in [5.74, 6) is 2.02. The van der Waals surface area contributed by atoms with Crippen molar-refractivity contribution in [2.45, 2.75) is 18.6 Å². The average molecular weight is 325 g/mol. The van der Waals surface area contributed by atoms with Crippen LogP contribution in [-0.2, 0) is 4.84 Å². The minimum absolute atomic E-state index is 0.382. The molecule has 2 bridgehead atoms. The van der Waals surface area contributed by atoms with E-state index in [1.54, 1.807) is 0 Å². The molecule has 0 saturated carbocycles.